The summed E-state index contributed by atoms with van der Waals surface area (Å²) in [6.45, 7) is 2.03. The number of hydrogen-bond donors (Lipinski definition) is 2. The summed E-state index contributed by atoms with van der Waals surface area (Å²) in [7, 11) is -2.24. The molecule has 14 heavy (non-hydrogen) atoms. The molecule has 0 aliphatic rings. The number of likely N-dealkylation sites (N-methyl/N-ethyl adjacent to an activating group) is 1. The molecule has 0 saturated carbocycles. The van der Waals surface area contributed by atoms with Crippen LogP contribution in [0.4, 0.5) is 0 Å². The summed E-state index contributed by atoms with van der Waals surface area (Å²) in [5.41, 5.74) is 5.05. The third kappa shape index (κ3) is 5.90. The van der Waals surface area contributed by atoms with Crippen LogP contribution in [0.5, 0.6) is 0 Å². The van der Waals surface area contributed by atoms with Gasteiger partial charge in [0.15, 0.2) is 0 Å². The second-order valence-corrected chi connectivity index (χ2v) is 4.77. The maximum atomic E-state index is 10.7. The van der Waals surface area contributed by atoms with E-state index in [0.29, 0.717) is 6.54 Å². The van der Waals surface area contributed by atoms with Crippen molar-refractivity contribution in [1.29, 1.82) is 0 Å². The number of nitrogens with zero attached hydrogens (tertiary/aromatic N) is 1. The van der Waals surface area contributed by atoms with Crippen molar-refractivity contribution in [2.75, 3.05) is 19.3 Å². The fourth-order valence-electron chi connectivity index (χ4n) is 0.907. The molecule has 0 heterocycles. The first-order chi connectivity index (χ1) is 6.24. The molecule has 0 fully saturated rings. The second kappa shape index (κ2) is 5.28. The zero-order valence-corrected chi connectivity index (χ0v) is 9.12. The standard InChI is InChI=1S/C7H16N2O4S/c1-6(7(8)10)9(2)4-3-5-14(11,12)13/h6H,3-5H2,1-2H3,(H2,8,10)(H,11,12,13)/t6-/m0/s1. The fourth-order valence-corrected chi connectivity index (χ4v) is 1.40. The molecular formula is C7H16N2O4S. The van der Waals surface area contributed by atoms with Gasteiger partial charge in [0, 0.05) is 0 Å². The summed E-state index contributed by atoms with van der Waals surface area (Å²) < 4.78 is 29.2. The number of carbonyl (C=O) groups excluding carboxylic acids is 1. The third-order valence-electron chi connectivity index (χ3n) is 1.99. The Morgan fingerprint density at radius 1 is 1.57 bits per heavy atom. The van der Waals surface area contributed by atoms with E-state index in [1.165, 1.54) is 0 Å². The molecule has 3 N–H and O–H groups in total. The molecule has 0 radical (unpaired) electrons. The normalized spacial score (nSPS) is 14.3. The van der Waals surface area contributed by atoms with Gasteiger partial charge in [-0.25, -0.2) is 0 Å². The average molecular weight is 224 g/mol. The Balaban J connectivity index is 3.86. The smallest absolute Gasteiger partial charge is 0.264 e. The first-order valence-electron chi connectivity index (χ1n) is 4.19. The minimum absolute atomic E-state index is 0.271. The summed E-state index contributed by atoms with van der Waals surface area (Å²) in [5.74, 6) is -0.762. The van der Waals surface area contributed by atoms with Crippen LogP contribution >= 0.6 is 0 Å². The molecule has 0 aromatic carbocycles. The van der Waals surface area contributed by atoms with Gasteiger partial charge in [-0.15, -0.1) is 0 Å². The highest BCUT2D eigenvalue weighted by atomic mass is 32.2. The number of amides is 1. The third-order valence-corrected chi connectivity index (χ3v) is 2.79. The fraction of sp³-hybridized carbons (Fsp3) is 0.857. The van der Waals surface area contributed by atoms with E-state index in [9.17, 15) is 13.2 Å². The molecule has 7 heteroatoms. The zero-order chi connectivity index (χ0) is 11.4. The Morgan fingerprint density at radius 2 is 2.07 bits per heavy atom. The second-order valence-electron chi connectivity index (χ2n) is 3.20. The first-order valence-corrected chi connectivity index (χ1v) is 5.79. The van der Waals surface area contributed by atoms with E-state index in [-0.39, 0.29) is 12.2 Å². The van der Waals surface area contributed by atoms with Gasteiger partial charge < -0.3 is 5.73 Å². The summed E-state index contributed by atoms with van der Waals surface area (Å²) in [6.07, 6.45) is 0.271. The van der Waals surface area contributed by atoms with Crippen LogP contribution < -0.4 is 5.73 Å². The van der Waals surface area contributed by atoms with Crippen LogP contribution in [0.3, 0.4) is 0 Å². The van der Waals surface area contributed by atoms with E-state index in [1.54, 1.807) is 18.9 Å². The van der Waals surface area contributed by atoms with Gasteiger partial charge in [0.2, 0.25) is 5.91 Å². The lowest BCUT2D eigenvalue weighted by Crippen LogP contribution is -2.40. The van der Waals surface area contributed by atoms with Crippen molar-refractivity contribution < 1.29 is 17.8 Å². The molecule has 0 spiro atoms. The van der Waals surface area contributed by atoms with Crippen molar-refractivity contribution in [3.8, 4) is 0 Å². The monoisotopic (exact) mass is 224 g/mol. The molecule has 6 nitrogen and oxygen atoms in total. The number of hydrogen-bond acceptors (Lipinski definition) is 4. The van der Waals surface area contributed by atoms with Gasteiger partial charge >= 0.3 is 0 Å². The largest absolute Gasteiger partial charge is 0.368 e. The van der Waals surface area contributed by atoms with Crippen molar-refractivity contribution in [2.45, 2.75) is 19.4 Å². The quantitative estimate of drug-likeness (QED) is 0.568. The van der Waals surface area contributed by atoms with E-state index >= 15 is 0 Å². The van der Waals surface area contributed by atoms with Crippen LogP contribution in [0.15, 0.2) is 0 Å². The lowest BCUT2D eigenvalue weighted by molar-refractivity contribution is -0.122. The maximum Gasteiger partial charge on any atom is 0.264 e. The Bertz CT molecular complexity index is 288. The highest BCUT2D eigenvalue weighted by Gasteiger charge is 2.14. The molecule has 1 amide bonds. The predicted octanol–water partition coefficient (Wildman–Crippen LogP) is -0.930. The number of carbonyl (C=O) groups is 1. The van der Waals surface area contributed by atoms with E-state index in [1.807, 2.05) is 0 Å². The molecule has 0 aliphatic heterocycles. The number of rotatable bonds is 6. The van der Waals surface area contributed by atoms with Gasteiger partial charge in [-0.2, -0.15) is 8.42 Å². The molecule has 0 saturated heterocycles. The lowest BCUT2D eigenvalue weighted by atomic mass is 10.3. The van der Waals surface area contributed by atoms with Gasteiger partial charge in [-0.1, -0.05) is 0 Å². The Hall–Kier alpha value is -0.660. The molecule has 84 valence electrons. The molecule has 0 bridgehead atoms. The molecule has 0 aromatic heterocycles. The minimum Gasteiger partial charge on any atom is -0.368 e. The Morgan fingerprint density at radius 3 is 2.43 bits per heavy atom. The summed E-state index contributed by atoms with van der Waals surface area (Å²) in [5, 5.41) is 0. The molecule has 0 rings (SSSR count). The van der Waals surface area contributed by atoms with Crippen LogP contribution in [-0.2, 0) is 14.9 Å². The van der Waals surface area contributed by atoms with Crippen LogP contribution in [-0.4, -0.2) is 49.2 Å². The van der Waals surface area contributed by atoms with Crippen LogP contribution in [0.25, 0.3) is 0 Å². The lowest BCUT2D eigenvalue weighted by Gasteiger charge is -2.21. The SMILES string of the molecule is C[C@@H](C(N)=O)N(C)CCCS(=O)(=O)O. The van der Waals surface area contributed by atoms with Crippen LogP contribution in [0.1, 0.15) is 13.3 Å². The summed E-state index contributed by atoms with van der Waals surface area (Å²) >= 11 is 0. The predicted molar refractivity (Wildman–Crippen MR) is 52.3 cm³/mol. The zero-order valence-electron chi connectivity index (χ0n) is 8.30. The topological polar surface area (TPSA) is 101 Å². The summed E-state index contributed by atoms with van der Waals surface area (Å²) in [6, 6.07) is -0.434. The first kappa shape index (κ1) is 13.3. The van der Waals surface area contributed by atoms with Gasteiger partial charge in [0.1, 0.15) is 0 Å². The maximum absolute atomic E-state index is 10.7. The highest BCUT2D eigenvalue weighted by Crippen LogP contribution is 1.97. The molecule has 0 aromatic rings. The van der Waals surface area contributed by atoms with E-state index in [0.717, 1.165) is 0 Å². The molecule has 1 atom stereocenters. The van der Waals surface area contributed by atoms with Gasteiger partial charge in [-0.3, -0.25) is 14.2 Å². The van der Waals surface area contributed by atoms with Crippen molar-refractivity contribution >= 4 is 16.0 Å². The molecule has 0 unspecified atom stereocenters. The average Bonchev–Trinajstić information content (AvgIpc) is 2.00. The number of primary amides is 1. The van der Waals surface area contributed by atoms with Crippen molar-refractivity contribution in [2.24, 2.45) is 5.73 Å². The number of nitrogens with two attached hydrogens (primary N) is 1. The van der Waals surface area contributed by atoms with E-state index < -0.39 is 22.1 Å². The van der Waals surface area contributed by atoms with Crippen molar-refractivity contribution in [1.82, 2.24) is 4.90 Å². The van der Waals surface area contributed by atoms with Crippen molar-refractivity contribution in [3.63, 3.8) is 0 Å². The highest BCUT2D eigenvalue weighted by molar-refractivity contribution is 7.85. The minimum atomic E-state index is -3.91. The van der Waals surface area contributed by atoms with Crippen molar-refractivity contribution in [3.05, 3.63) is 0 Å². The van der Waals surface area contributed by atoms with Crippen LogP contribution in [0, 0.1) is 0 Å². The van der Waals surface area contributed by atoms with Gasteiger partial charge in [-0.05, 0) is 26.9 Å². The Labute approximate surface area is 83.8 Å². The molecule has 0 aliphatic carbocycles. The van der Waals surface area contributed by atoms with E-state index in [4.69, 9.17) is 10.3 Å². The van der Waals surface area contributed by atoms with E-state index in [2.05, 4.69) is 0 Å². The van der Waals surface area contributed by atoms with Gasteiger partial charge in [0.05, 0.1) is 11.8 Å². The Kier molecular flexibility index (Phi) is 5.03. The molecular weight excluding hydrogens is 208 g/mol. The van der Waals surface area contributed by atoms with Gasteiger partial charge in [0.25, 0.3) is 10.1 Å². The van der Waals surface area contributed by atoms with Crippen LogP contribution in [0.2, 0.25) is 0 Å². The summed E-state index contributed by atoms with van der Waals surface area (Å²) in [4.78, 5) is 12.3.